The first-order valence-corrected chi connectivity index (χ1v) is 7.31. The lowest BCUT2D eigenvalue weighted by molar-refractivity contribution is 0.103. The third-order valence-corrected chi connectivity index (χ3v) is 4.60. The molecule has 3 rings (SSSR count). The van der Waals surface area contributed by atoms with E-state index in [1.165, 1.54) is 35.5 Å². The maximum Gasteiger partial charge on any atom is 0.267 e. The summed E-state index contributed by atoms with van der Waals surface area (Å²) in [5.74, 6) is 0.592. The van der Waals surface area contributed by atoms with Gasteiger partial charge in [-0.15, -0.1) is 22.7 Å². The number of aryl methyl sites for hydroxylation is 1. The first-order valence-electron chi connectivity index (χ1n) is 5.55. The number of carbonyl (C=O) groups excluding carboxylic acids is 1. The molecule has 0 aliphatic heterocycles. The quantitative estimate of drug-likeness (QED) is 0.919. The number of nitrogens with zero attached hydrogens (tertiary/aromatic N) is 1. The maximum atomic E-state index is 12.0. The summed E-state index contributed by atoms with van der Waals surface area (Å²) in [4.78, 5) is 17.2. The summed E-state index contributed by atoms with van der Waals surface area (Å²) >= 11 is 2.98. The molecule has 0 atom stereocenters. The van der Waals surface area contributed by atoms with Crippen LogP contribution in [0.4, 0.5) is 5.13 Å². The normalized spacial score (nSPS) is 14.9. The molecule has 88 valence electrons. The van der Waals surface area contributed by atoms with Crippen LogP contribution in [0.1, 0.15) is 39.7 Å². The van der Waals surface area contributed by atoms with Crippen LogP contribution in [0.5, 0.6) is 0 Å². The Hall–Kier alpha value is -1.20. The van der Waals surface area contributed by atoms with Crippen LogP contribution >= 0.6 is 22.7 Å². The van der Waals surface area contributed by atoms with Crippen molar-refractivity contribution in [3.63, 3.8) is 0 Å². The summed E-state index contributed by atoms with van der Waals surface area (Å²) in [6.07, 6.45) is 2.47. The first kappa shape index (κ1) is 10.9. The summed E-state index contributed by atoms with van der Waals surface area (Å²) in [6.45, 7) is 1.95. The SMILES string of the molecule is Cc1ccsc1C(=O)Nc1nc(C2CC2)cs1. The molecule has 1 aliphatic carbocycles. The van der Waals surface area contributed by atoms with Crippen molar-refractivity contribution >= 4 is 33.7 Å². The molecule has 5 heteroatoms. The Labute approximate surface area is 108 Å². The van der Waals surface area contributed by atoms with Gasteiger partial charge < -0.3 is 0 Å². The predicted octanol–water partition coefficient (Wildman–Crippen LogP) is 3.64. The van der Waals surface area contributed by atoms with E-state index in [1.54, 1.807) is 0 Å². The van der Waals surface area contributed by atoms with E-state index in [1.807, 2.05) is 18.4 Å². The molecule has 1 saturated carbocycles. The summed E-state index contributed by atoms with van der Waals surface area (Å²) in [7, 11) is 0. The number of nitrogens with one attached hydrogen (secondary N) is 1. The third kappa shape index (κ3) is 2.25. The second-order valence-electron chi connectivity index (χ2n) is 4.24. The van der Waals surface area contributed by atoms with Gasteiger partial charge in [0.25, 0.3) is 5.91 Å². The van der Waals surface area contributed by atoms with E-state index in [2.05, 4.69) is 15.7 Å². The first-order chi connectivity index (χ1) is 8.24. The highest BCUT2D eigenvalue weighted by Gasteiger charge is 2.26. The van der Waals surface area contributed by atoms with Crippen molar-refractivity contribution in [2.24, 2.45) is 0 Å². The Bertz CT molecular complexity index is 554. The zero-order chi connectivity index (χ0) is 11.8. The Balaban J connectivity index is 1.73. The molecule has 2 heterocycles. The molecule has 1 fully saturated rings. The molecule has 0 unspecified atom stereocenters. The second kappa shape index (κ2) is 4.23. The van der Waals surface area contributed by atoms with Crippen molar-refractivity contribution in [1.29, 1.82) is 0 Å². The van der Waals surface area contributed by atoms with Gasteiger partial charge in [-0.25, -0.2) is 4.98 Å². The van der Waals surface area contributed by atoms with E-state index in [0.717, 1.165) is 16.1 Å². The Morgan fingerprint density at radius 2 is 2.29 bits per heavy atom. The highest BCUT2D eigenvalue weighted by molar-refractivity contribution is 7.14. The molecule has 17 heavy (non-hydrogen) atoms. The zero-order valence-corrected chi connectivity index (χ0v) is 11.0. The number of thiophene rings is 1. The maximum absolute atomic E-state index is 12.0. The van der Waals surface area contributed by atoms with Gasteiger partial charge in [0.05, 0.1) is 10.6 Å². The van der Waals surface area contributed by atoms with Crippen molar-refractivity contribution in [2.75, 3.05) is 5.32 Å². The van der Waals surface area contributed by atoms with E-state index in [0.29, 0.717) is 11.0 Å². The number of carbonyl (C=O) groups is 1. The van der Waals surface area contributed by atoms with Crippen molar-refractivity contribution in [1.82, 2.24) is 4.98 Å². The van der Waals surface area contributed by atoms with Gasteiger partial charge in [-0.3, -0.25) is 10.1 Å². The Morgan fingerprint density at radius 1 is 1.47 bits per heavy atom. The minimum absolute atomic E-state index is 0.0470. The molecule has 1 N–H and O–H groups in total. The van der Waals surface area contributed by atoms with Crippen LogP contribution in [0.2, 0.25) is 0 Å². The number of anilines is 1. The van der Waals surface area contributed by atoms with E-state index < -0.39 is 0 Å². The van der Waals surface area contributed by atoms with E-state index in [4.69, 9.17) is 0 Å². The van der Waals surface area contributed by atoms with Gasteiger partial charge in [0, 0.05) is 11.3 Å². The second-order valence-corrected chi connectivity index (χ2v) is 6.01. The van der Waals surface area contributed by atoms with E-state index >= 15 is 0 Å². The van der Waals surface area contributed by atoms with Crippen LogP contribution in [0, 0.1) is 6.92 Å². The van der Waals surface area contributed by atoms with Crippen molar-refractivity contribution in [2.45, 2.75) is 25.7 Å². The molecule has 2 aromatic heterocycles. The van der Waals surface area contributed by atoms with Gasteiger partial charge in [0.2, 0.25) is 0 Å². The molecular formula is C12H12N2OS2. The summed E-state index contributed by atoms with van der Waals surface area (Å²) in [6, 6.07) is 1.96. The molecular weight excluding hydrogens is 252 g/mol. The minimum Gasteiger partial charge on any atom is -0.297 e. The molecule has 3 nitrogen and oxygen atoms in total. The average molecular weight is 264 g/mol. The average Bonchev–Trinajstić information content (AvgIpc) is 2.90. The summed E-state index contributed by atoms with van der Waals surface area (Å²) in [5.41, 5.74) is 2.15. The lowest BCUT2D eigenvalue weighted by Gasteiger charge is -1.99. The van der Waals surface area contributed by atoms with Crippen molar-refractivity contribution in [3.8, 4) is 0 Å². The number of aromatic nitrogens is 1. The fraction of sp³-hybridized carbons (Fsp3) is 0.333. The van der Waals surface area contributed by atoms with Crippen molar-refractivity contribution in [3.05, 3.63) is 33.0 Å². The van der Waals surface area contributed by atoms with Crippen LogP contribution in [-0.2, 0) is 0 Å². The van der Waals surface area contributed by atoms with Crippen LogP contribution in [0.15, 0.2) is 16.8 Å². The monoisotopic (exact) mass is 264 g/mol. The Morgan fingerprint density at radius 3 is 2.94 bits per heavy atom. The van der Waals surface area contributed by atoms with Crippen LogP contribution in [0.25, 0.3) is 0 Å². The van der Waals surface area contributed by atoms with E-state index in [-0.39, 0.29) is 5.91 Å². The number of hydrogen-bond donors (Lipinski definition) is 1. The van der Waals surface area contributed by atoms with Crippen LogP contribution in [0.3, 0.4) is 0 Å². The summed E-state index contributed by atoms with van der Waals surface area (Å²) < 4.78 is 0. The fourth-order valence-electron chi connectivity index (χ4n) is 1.67. The molecule has 2 aromatic rings. The van der Waals surface area contributed by atoms with E-state index in [9.17, 15) is 4.79 Å². The van der Waals surface area contributed by atoms with Gasteiger partial charge in [-0.1, -0.05) is 0 Å². The predicted molar refractivity (Wildman–Crippen MR) is 71.1 cm³/mol. The smallest absolute Gasteiger partial charge is 0.267 e. The molecule has 0 aromatic carbocycles. The minimum atomic E-state index is -0.0470. The van der Waals surface area contributed by atoms with Crippen molar-refractivity contribution < 1.29 is 4.79 Å². The highest BCUT2D eigenvalue weighted by Crippen LogP contribution is 2.40. The van der Waals surface area contributed by atoms with Crippen LogP contribution in [-0.4, -0.2) is 10.9 Å². The molecule has 1 amide bonds. The van der Waals surface area contributed by atoms with Gasteiger partial charge in [0.15, 0.2) is 5.13 Å². The summed E-state index contributed by atoms with van der Waals surface area (Å²) in [5, 5.41) is 7.56. The number of rotatable bonds is 3. The topological polar surface area (TPSA) is 42.0 Å². The highest BCUT2D eigenvalue weighted by atomic mass is 32.1. The van der Waals surface area contributed by atoms with Crippen LogP contribution < -0.4 is 5.32 Å². The molecule has 0 radical (unpaired) electrons. The molecule has 0 spiro atoms. The lowest BCUT2D eigenvalue weighted by atomic mass is 10.3. The number of thiazole rings is 1. The number of amides is 1. The van der Waals surface area contributed by atoms with Gasteiger partial charge in [-0.2, -0.15) is 0 Å². The van der Waals surface area contributed by atoms with Gasteiger partial charge >= 0.3 is 0 Å². The zero-order valence-electron chi connectivity index (χ0n) is 9.40. The number of hydrogen-bond acceptors (Lipinski definition) is 4. The molecule has 0 saturated heterocycles. The molecule has 1 aliphatic rings. The van der Waals surface area contributed by atoms with Gasteiger partial charge in [0.1, 0.15) is 0 Å². The largest absolute Gasteiger partial charge is 0.297 e. The fourth-order valence-corrected chi connectivity index (χ4v) is 3.28. The lowest BCUT2D eigenvalue weighted by Crippen LogP contribution is -2.11. The molecule has 0 bridgehead atoms. The third-order valence-electron chi connectivity index (χ3n) is 2.81. The Kier molecular flexibility index (Phi) is 2.72. The van der Waals surface area contributed by atoms with Gasteiger partial charge in [-0.05, 0) is 36.8 Å². The standard InChI is InChI=1S/C12H12N2OS2/c1-7-4-5-16-10(7)11(15)14-12-13-9(6-17-12)8-2-3-8/h4-6,8H,2-3H2,1H3,(H,13,14,15).